The first-order valence-electron chi connectivity index (χ1n) is 12.2. The van der Waals surface area contributed by atoms with Crippen LogP contribution in [0.15, 0.2) is 121 Å². The van der Waals surface area contributed by atoms with Gasteiger partial charge in [-0.3, -0.25) is 9.59 Å². The van der Waals surface area contributed by atoms with Crippen LogP contribution >= 0.6 is 0 Å². The summed E-state index contributed by atoms with van der Waals surface area (Å²) in [6.07, 6.45) is 0. The summed E-state index contributed by atoms with van der Waals surface area (Å²) in [6, 6.07) is 38.8. The van der Waals surface area contributed by atoms with Crippen molar-refractivity contribution in [3.8, 4) is 0 Å². The molecular formula is C32H28O4. The highest BCUT2D eigenvalue weighted by Gasteiger charge is 2.59. The molecule has 0 heterocycles. The first kappa shape index (κ1) is 23.6. The maximum atomic E-state index is 13.5. The smallest absolute Gasteiger partial charge is 0.310 e. The van der Waals surface area contributed by atoms with E-state index in [1.165, 1.54) is 0 Å². The lowest BCUT2D eigenvalue weighted by Gasteiger charge is -2.49. The lowest BCUT2D eigenvalue weighted by molar-refractivity contribution is -0.169. The molecule has 1 saturated carbocycles. The first-order valence-corrected chi connectivity index (χ1v) is 12.2. The largest absolute Gasteiger partial charge is 0.461 e. The zero-order valence-corrected chi connectivity index (χ0v) is 19.9. The number of hydrogen-bond acceptors (Lipinski definition) is 4. The van der Waals surface area contributed by atoms with Gasteiger partial charge in [0.05, 0.1) is 11.8 Å². The molecule has 0 amide bonds. The minimum absolute atomic E-state index is 0.197. The predicted octanol–water partition coefficient (Wildman–Crippen LogP) is 6.29. The van der Waals surface area contributed by atoms with Crippen LogP contribution in [0, 0.1) is 11.8 Å². The zero-order chi connectivity index (χ0) is 24.7. The lowest BCUT2D eigenvalue weighted by atomic mass is 9.52. The molecule has 1 fully saturated rings. The third-order valence-corrected chi connectivity index (χ3v) is 6.91. The van der Waals surface area contributed by atoms with E-state index in [9.17, 15) is 9.59 Å². The van der Waals surface area contributed by atoms with Gasteiger partial charge in [0.2, 0.25) is 0 Å². The molecule has 0 radical (unpaired) electrons. The summed E-state index contributed by atoms with van der Waals surface area (Å²) in [7, 11) is 0. The number of rotatable bonds is 8. The van der Waals surface area contributed by atoms with Crippen molar-refractivity contribution in [1.29, 1.82) is 0 Å². The normalized spacial score (nSPS) is 20.7. The average Bonchev–Trinajstić information content (AvgIpc) is 2.92. The molecule has 0 unspecified atom stereocenters. The van der Waals surface area contributed by atoms with Crippen LogP contribution in [0.25, 0.3) is 0 Å². The zero-order valence-electron chi connectivity index (χ0n) is 19.9. The number of hydrogen-bond donors (Lipinski definition) is 0. The van der Waals surface area contributed by atoms with Crippen LogP contribution in [-0.4, -0.2) is 11.9 Å². The lowest BCUT2D eigenvalue weighted by Crippen LogP contribution is -2.51. The predicted molar refractivity (Wildman–Crippen MR) is 138 cm³/mol. The quantitative estimate of drug-likeness (QED) is 0.281. The summed E-state index contributed by atoms with van der Waals surface area (Å²) < 4.78 is 11.6. The fourth-order valence-electron chi connectivity index (χ4n) is 5.16. The molecule has 4 aromatic rings. The Balaban J connectivity index is 1.44. The molecule has 180 valence electrons. The highest BCUT2D eigenvalue weighted by Crippen LogP contribution is 2.58. The molecule has 4 nitrogen and oxygen atoms in total. The van der Waals surface area contributed by atoms with Crippen molar-refractivity contribution in [1.82, 2.24) is 0 Å². The average molecular weight is 477 g/mol. The Labute approximate surface area is 211 Å². The van der Waals surface area contributed by atoms with Gasteiger partial charge in [-0.2, -0.15) is 0 Å². The van der Waals surface area contributed by atoms with Crippen LogP contribution in [0.5, 0.6) is 0 Å². The Morgan fingerprint density at radius 2 is 0.778 bits per heavy atom. The topological polar surface area (TPSA) is 52.6 Å². The van der Waals surface area contributed by atoms with Gasteiger partial charge in [0, 0.05) is 11.8 Å². The summed E-state index contributed by atoms with van der Waals surface area (Å²) >= 11 is 0. The molecule has 4 aromatic carbocycles. The van der Waals surface area contributed by atoms with Crippen LogP contribution in [0.2, 0.25) is 0 Å². The Morgan fingerprint density at radius 3 is 1.11 bits per heavy atom. The van der Waals surface area contributed by atoms with Gasteiger partial charge in [0.25, 0.3) is 0 Å². The molecule has 5 rings (SSSR count). The van der Waals surface area contributed by atoms with E-state index in [1.807, 2.05) is 121 Å². The first-order chi connectivity index (χ1) is 17.7. The van der Waals surface area contributed by atoms with E-state index < -0.39 is 11.8 Å². The van der Waals surface area contributed by atoms with Gasteiger partial charge in [-0.05, 0) is 22.3 Å². The Hall–Kier alpha value is -4.18. The van der Waals surface area contributed by atoms with Gasteiger partial charge in [0.15, 0.2) is 0 Å². The number of benzene rings is 4. The molecule has 0 saturated heterocycles. The number of carbonyl (C=O) groups excluding carboxylic acids is 2. The van der Waals surface area contributed by atoms with Crippen LogP contribution in [0.4, 0.5) is 0 Å². The van der Waals surface area contributed by atoms with Crippen LogP contribution in [-0.2, 0) is 32.3 Å². The summed E-state index contributed by atoms with van der Waals surface area (Å²) in [6.45, 7) is 0.393. The highest BCUT2D eigenvalue weighted by molar-refractivity contribution is 5.85. The van der Waals surface area contributed by atoms with Crippen molar-refractivity contribution < 1.29 is 19.1 Å². The molecule has 1 aliphatic rings. The van der Waals surface area contributed by atoms with Gasteiger partial charge >= 0.3 is 11.9 Å². The van der Waals surface area contributed by atoms with Crippen molar-refractivity contribution in [3.05, 3.63) is 144 Å². The fraction of sp³-hybridized carbons (Fsp3) is 0.188. The molecular weight excluding hydrogens is 448 g/mol. The van der Waals surface area contributed by atoms with Crippen LogP contribution < -0.4 is 0 Å². The number of ether oxygens (including phenoxy) is 2. The minimum Gasteiger partial charge on any atom is -0.461 e. The van der Waals surface area contributed by atoms with E-state index in [2.05, 4.69) is 0 Å². The number of carbonyl (C=O) groups is 2. The molecule has 0 spiro atoms. The maximum Gasteiger partial charge on any atom is 0.310 e. The van der Waals surface area contributed by atoms with Crippen molar-refractivity contribution in [2.75, 3.05) is 0 Å². The van der Waals surface area contributed by atoms with Gasteiger partial charge in [-0.15, -0.1) is 0 Å². The standard InChI is InChI=1S/C32H28O4/c33-31(35-21-23-13-5-1-6-14-23)29-27(25-17-9-3-10-18-25)30(28(29)26-19-11-4-12-20-26)32(34)36-22-24-15-7-2-8-16-24/h1-20,27-30H,21-22H2. The third-order valence-electron chi connectivity index (χ3n) is 6.91. The Kier molecular flexibility index (Phi) is 7.23. The molecule has 0 N–H and O–H groups in total. The van der Waals surface area contributed by atoms with Crippen molar-refractivity contribution in [3.63, 3.8) is 0 Å². The summed E-state index contributed by atoms with van der Waals surface area (Å²) in [5, 5.41) is 0. The monoisotopic (exact) mass is 476 g/mol. The molecule has 4 heteroatoms. The molecule has 1 aliphatic carbocycles. The summed E-state index contributed by atoms with van der Waals surface area (Å²) in [5.74, 6) is -2.24. The third kappa shape index (κ3) is 5.08. The molecule has 0 aromatic heterocycles. The maximum absolute atomic E-state index is 13.5. The van der Waals surface area contributed by atoms with Crippen molar-refractivity contribution in [2.45, 2.75) is 25.0 Å². The van der Waals surface area contributed by atoms with Crippen LogP contribution in [0.1, 0.15) is 34.1 Å². The second kappa shape index (κ2) is 11.0. The van der Waals surface area contributed by atoms with E-state index in [-0.39, 0.29) is 37.0 Å². The molecule has 0 atom stereocenters. The van der Waals surface area contributed by atoms with Crippen molar-refractivity contribution in [2.24, 2.45) is 11.8 Å². The number of esters is 2. The molecule has 0 aliphatic heterocycles. The van der Waals surface area contributed by atoms with Crippen LogP contribution in [0.3, 0.4) is 0 Å². The van der Waals surface area contributed by atoms with Gasteiger partial charge in [-0.25, -0.2) is 0 Å². The Bertz CT molecular complexity index is 1160. The van der Waals surface area contributed by atoms with Gasteiger partial charge in [0.1, 0.15) is 13.2 Å². The van der Waals surface area contributed by atoms with Gasteiger partial charge in [-0.1, -0.05) is 121 Å². The van der Waals surface area contributed by atoms with E-state index in [0.717, 1.165) is 22.3 Å². The highest BCUT2D eigenvalue weighted by atomic mass is 16.5. The minimum atomic E-state index is -0.493. The second-order valence-electron chi connectivity index (χ2n) is 9.11. The second-order valence-corrected chi connectivity index (χ2v) is 9.11. The Morgan fingerprint density at radius 1 is 0.472 bits per heavy atom. The SMILES string of the molecule is O=C(OCc1ccccc1)C1C(c2ccccc2)C(C(=O)OCc2ccccc2)C1c1ccccc1. The van der Waals surface area contributed by atoms with E-state index >= 15 is 0 Å². The molecule has 0 bridgehead atoms. The van der Waals surface area contributed by atoms with E-state index in [1.54, 1.807) is 0 Å². The van der Waals surface area contributed by atoms with Gasteiger partial charge < -0.3 is 9.47 Å². The van der Waals surface area contributed by atoms with Crippen molar-refractivity contribution >= 4 is 11.9 Å². The molecule has 36 heavy (non-hydrogen) atoms. The fourth-order valence-corrected chi connectivity index (χ4v) is 5.16. The van der Waals surface area contributed by atoms with E-state index in [4.69, 9.17) is 9.47 Å². The summed E-state index contributed by atoms with van der Waals surface area (Å²) in [4.78, 5) is 27.1. The van der Waals surface area contributed by atoms with E-state index in [0.29, 0.717) is 0 Å². The summed E-state index contributed by atoms with van der Waals surface area (Å²) in [5.41, 5.74) is 3.73.